The van der Waals surface area contributed by atoms with E-state index in [9.17, 15) is 9.18 Å². The molecule has 0 atom stereocenters. The Bertz CT molecular complexity index is 139. The van der Waals surface area contributed by atoms with Crippen molar-refractivity contribution in [2.24, 2.45) is 0 Å². The zero-order valence-electron chi connectivity index (χ0n) is 4.84. The van der Waals surface area contributed by atoms with Gasteiger partial charge in [-0.2, -0.15) is 4.39 Å². The van der Waals surface area contributed by atoms with Gasteiger partial charge in [-0.25, -0.2) is 9.10 Å². The average Bonchev–Trinajstić information content (AvgIpc) is 1.60. The lowest BCUT2D eigenvalue weighted by Crippen LogP contribution is -2.20. The van der Waals surface area contributed by atoms with E-state index in [0.29, 0.717) is 4.31 Å². The van der Waals surface area contributed by atoms with Crippen LogP contribution in [0.1, 0.15) is 0 Å². The molecule has 0 saturated heterocycles. The maximum Gasteiger partial charge on any atom is 0.417 e. The molecular weight excluding hydrogens is 204 g/mol. The van der Waals surface area contributed by atoms with Crippen LogP contribution in [0.5, 0.6) is 0 Å². The molecule has 0 aliphatic carbocycles. The first-order valence-electron chi connectivity index (χ1n) is 2.05. The molecule has 0 fully saturated rings. The van der Waals surface area contributed by atoms with Gasteiger partial charge in [0.05, 0.1) is 0 Å². The second-order valence-corrected chi connectivity index (χ2v) is 4.29. The minimum absolute atomic E-state index is 0.163. The van der Waals surface area contributed by atoms with Gasteiger partial charge in [-0.3, -0.25) is 0 Å². The second-order valence-electron chi connectivity index (χ2n) is 1.32. The van der Waals surface area contributed by atoms with E-state index < -0.39 is 10.0 Å². The summed E-state index contributed by atoms with van der Waals surface area (Å²) >= 11 is 9.82. The van der Waals surface area contributed by atoms with Crippen molar-refractivity contribution in [2.45, 2.75) is 3.92 Å². The number of carboxylic acid groups (broad SMARTS) is 1. The summed E-state index contributed by atoms with van der Waals surface area (Å²) in [5.74, 6) is 0. The lowest BCUT2D eigenvalue weighted by molar-refractivity contribution is 0.180. The number of halogens is 3. The first-order chi connectivity index (χ1) is 4.33. The monoisotopic (exact) mass is 207 g/mol. The molecule has 0 saturated carbocycles. The van der Waals surface area contributed by atoms with Crippen LogP contribution < -0.4 is 0 Å². The number of nitrogens with zero attached hydrogens (tertiary/aromatic N) is 1. The highest BCUT2D eigenvalue weighted by Crippen LogP contribution is 2.37. The van der Waals surface area contributed by atoms with Crippen molar-refractivity contribution in [3.63, 3.8) is 0 Å². The normalized spacial score (nSPS) is 11.2. The molecule has 0 spiro atoms. The van der Waals surface area contributed by atoms with Gasteiger partial charge in [0.2, 0.25) is 0 Å². The van der Waals surface area contributed by atoms with E-state index in [-0.39, 0.29) is 11.9 Å². The topological polar surface area (TPSA) is 40.5 Å². The Kier molecular flexibility index (Phi) is 3.55. The summed E-state index contributed by atoms with van der Waals surface area (Å²) in [6, 6.07) is 0. The van der Waals surface area contributed by atoms with Crippen LogP contribution in [0, 0.1) is 0 Å². The summed E-state index contributed by atoms with van der Waals surface area (Å²) < 4.78 is 10.2. The highest BCUT2D eigenvalue weighted by atomic mass is 35.5. The Morgan fingerprint density at radius 1 is 1.80 bits per heavy atom. The van der Waals surface area contributed by atoms with E-state index in [1.807, 2.05) is 0 Å². The fourth-order valence-corrected chi connectivity index (χ4v) is 1.20. The van der Waals surface area contributed by atoms with Crippen molar-refractivity contribution in [1.82, 2.24) is 4.31 Å². The van der Waals surface area contributed by atoms with E-state index in [0.717, 1.165) is 7.05 Å². The van der Waals surface area contributed by atoms with Crippen LogP contribution in [0.25, 0.3) is 0 Å². The summed E-state index contributed by atoms with van der Waals surface area (Å²) in [5.41, 5.74) is 0. The summed E-state index contributed by atoms with van der Waals surface area (Å²) in [5, 5.41) is 8.17. The Balaban J connectivity index is 3.80. The summed E-state index contributed by atoms with van der Waals surface area (Å²) in [7, 11) is 1.13. The van der Waals surface area contributed by atoms with Gasteiger partial charge in [0.15, 0.2) is 0 Å². The molecule has 60 valence electrons. The number of hydrogen-bond donors (Lipinski definition) is 1. The van der Waals surface area contributed by atoms with Crippen LogP contribution >= 0.6 is 35.1 Å². The Hall–Kier alpha value is 0.130. The van der Waals surface area contributed by atoms with Crippen molar-refractivity contribution >= 4 is 41.2 Å². The number of hydrogen-bond acceptors (Lipinski definition) is 2. The predicted molar refractivity (Wildman–Crippen MR) is 38.9 cm³/mol. The minimum atomic E-state index is -2.59. The first kappa shape index (κ1) is 10.1. The summed E-state index contributed by atoms with van der Waals surface area (Å²) in [6.07, 6.45) is -1.31. The standard InChI is InChI=1S/C3H4Cl2FNO2S/c1-7(2(8)9)10-3(4,5)6/h1H3,(H,8,9). The average molecular weight is 208 g/mol. The lowest BCUT2D eigenvalue weighted by Gasteiger charge is -2.14. The molecule has 0 aromatic rings. The molecule has 1 amide bonds. The van der Waals surface area contributed by atoms with Crippen LogP contribution in [0.4, 0.5) is 9.18 Å². The lowest BCUT2D eigenvalue weighted by atomic mass is 11.1. The van der Waals surface area contributed by atoms with E-state index in [4.69, 9.17) is 28.3 Å². The van der Waals surface area contributed by atoms with Crippen LogP contribution in [0.2, 0.25) is 0 Å². The summed E-state index contributed by atoms with van der Waals surface area (Å²) in [6.45, 7) is 0. The summed E-state index contributed by atoms with van der Waals surface area (Å²) in [4.78, 5) is 10.00. The van der Waals surface area contributed by atoms with Gasteiger partial charge in [0.25, 0.3) is 0 Å². The smallest absolute Gasteiger partial charge is 0.417 e. The molecule has 1 N–H and O–H groups in total. The first-order valence-corrected chi connectivity index (χ1v) is 3.58. The van der Waals surface area contributed by atoms with Gasteiger partial charge >= 0.3 is 10.0 Å². The zero-order valence-corrected chi connectivity index (χ0v) is 7.17. The molecule has 0 rings (SSSR count). The van der Waals surface area contributed by atoms with Crippen LogP contribution in [0.15, 0.2) is 0 Å². The number of carbonyl (C=O) groups is 1. The minimum Gasteiger partial charge on any atom is -0.464 e. The molecule has 0 aromatic carbocycles. The third-order valence-electron chi connectivity index (χ3n) is 0.510. The van der Waals surface area contributed by atoms with Crippen molar-refractivity contribution < 1.29 is 14.3 Å². The highest BCUT2D eigenvalue weighted by Gasteiger charge is 2.28. The maximum absolute atomic E-state index is 12.2. The largest absolute Gasteiger partial charge is 0.464 e. The van der Waals surface area contributed by atoms with Crippen LogP contribution in [0.3, 0.4) is 0 Å². The quantitative estimate of drug-likeness (QED) is 0.559. The van der Waals surface area contributed by atoms with Crippen molar-refractivity contribution in [1.29, 1.82) is 0 Å². The van der Waals surface area contributed by atoms with Gasteiger partial charge in [0.1, 0.15) is 0 Å². The van der Waals surface area contributed by atoms with E-state index in [1.165, 1.54) is 0 Å². The molecule has 3 nitrogen and oxygen atoms in total. The van der Waals surface area contributed by atoms with E-state index in [2.05, 4.69) is 0 Å². The maximum atomic E-state index is 12.2. The number of alkyl halides is 3. The second kappa shape index (κ2) is 3.50. The number of rotatable bonds is 2. The van der Waals surface area contributed by atoms with Gasteiger partial charge in [-0.1, -0.05) is 23.2 Å². The van der Waals surface area contributed by atoms with Gasteiger partial charge in [-0.05, 0) is 0 Å². The van der Waals surface area contributed by atoms with Crippen LogP contribution in [-0.2, 0) is 0 Å². The molecule has 0 bridgehead atoms. The molecule has 0 aliphatic rings. The fourth-order valence-electron chi connectivity index (χ4n) is 0.194. The SMILES string of the molecule is CN(SC(F)(Cl)Cl)C(=O)O. The highest BCUT2D eigenvalue weighted by molar-refractivity contribution is 8.01. The molecule has 10 heavy (non-hydrogen) atoms. The third-order valence-corrected chi connectivity index (χ3v) is 1.56. The fraction of sp³-hybridized carbons (Fsp3) is 0.667. The Morgan fingerprint density at radius 2 is 2.20 bits per heavy atom. The van der Waals surface area contributed by atoms with Gasteiger partial charge in [0, 0.05) is 19.0 Å². The van der Waals surface area contributed by atoms with Crippen LogP contribution in [-0.4, -0.2) is 26.5 Å². The third kappa shape index (κ3) is 4.96. The van der Waals surface area contributed by atoms with Gasteiger partial charge in [-0.15, -0.1) is 0 Å². The molecule has 0 unspecified atom stereocenters. The molecule has 0 aliphatic heterocycles. The molecule has 0 radical (unpaired) electrons. The number of amides is 1. The van der Waals surface area contributed by atoms with Crippen molar-refractivity contribution in [2.75, 3.05) is 7.05 Å². The molecular formula is C3H4Cl2FNO2S. The molecule has 0 heterocycles. The molecule has 0 aromatic heterocycles. The Labute approximate surface area is 71.2 Å². The van der Waals surface area contributed by atoms with Crippen molar-refractivity contribution in [3.05, 3.63) is 0 Å². The van der Waals surface area contributed by atoms with E-state index in [1.54, 1.807) is 0 Å². The zero-order chi connectivity index (χ0) is 8.36. The van der Waals surface area contributed by atoms with Crippen molar-refractivity contribution in [3.8, 4) is 0 Å². The van der Waals surface area contributed by atoms with Gasteiger partial charge < -0.3 is 5.11 Å². The van der Waals surface area contributed by atoms with E-state index >= 15 is 0 Å². The molecule has 7 heteroatoms. The Morgan fingerprint density at radius 3 is 2.30 bits per heavy atom. The predicted octanol–water partition coefficient (Wildman–Crippen LogP) is 2.30.